The number of aromatic amines is 1. The second-order valence-electron chi connectivity index (χ2n) is 22.5. The van der Waals surface area contributed by atoms with E-state index >= 15 is 4.79 Å². The molecular weight excluding hydrogens is 969 g/mol. The minimum absolute atomic E-state index is 0.0701. The number of nitrogens with two attached hydrogens (primary N) is 1. The Morgan fingerprint density at radius 1 is 0.880 bits per heavy atom. The number of likely N-dealkylation sites (N-methyl/N-ethyl adjacent to an activating group) is 1. The number of hydrogen-bond acceptors (Lipinski definition) is 15. The zero-order valence-corrected chi connectivity index (χ0v) is 45.6. The summed E-state index contributed by atoms with van der Waals surface area (Å²) in [5.41, 5.74) is 13.0. The number of carbonyl (C=O) groups is 2. The summed E-state index contributed by atoms with van der Waals surface area (Å²) in [6, 6.07) is 17.6. The standard InChI is InChI=1S/C56H72N12O6S/c1-32-33(2)65-66-51(32)64-52-41-26-46(75(71,72)56(7,8)9)45(27-43(41)59-30-62-52)73-38-20-22-67(23-21-38)47-28-48(61-31-60-47)74-39-19-18-36-25-44(53(69)63-42-17-13-15-35-14-11-12-16-40(35)42)68(29-37(36)24-39)54(70)49(55(4,5)6)50(57)34(3)58-10/h11-12,14,16,18-19,24,26-28,30-31,34,38,42,44,49-50,58H,13,15,17,20-23,25,29,57H2,1-10H3,(H,63,69)(H2,59,62,64,65,66)/t34-,42+,44-,49-,50?/m0/s1. The molecule has 9 rings (SSSR count). The van der Waals surface area contributed by atoms with Crippen molar-refractivity contribution >= 4 is 50.0 Å². The van der Waals surface area contributed by atoms with E-state index in [2.05, 4.69) is 63.1 Å². The Morgan fingerprint density at radius 3 is 2.33 bits per heavy atom. The lowest BCUT2D eigenvalue weighted by atomic mass is 9.73. The van der Waals surface area contributed by atoms with Gasteiger partial charge in [0.25, 0.3) is 0 Å². The molecule has 6 N–H and O–H groups in total. The molecule has 2 amide bonds. The van der Waals surface area contributed by atoms with Crippen molar-refractivity contribution in [2.45, 2.75) is 147 Å². The van der Waals surface area contributed by atoms with Crippen LogP contribution in [0.3, 0.4) is 0 Å². The fourth-order valence-electron chi connectivity index (χ4n) is 10.6. The predicted octanol–water partition coefficient (Wildman–Crippen LogP) is 7.96. The molecule has 1 saturated heterocycles. The minimum atomic E-state index is -3.89. The molecule has 0 saturated carbocycles. The zero-order valence-electron chi connectivity index (χ0n) is 44.8. The molecule has 18 nitrogen and oxygen atoms in total. The number of sulfone groups is 1. The molecule has 1 fully saturated rings. The number of hydrogen-bond donors (Lipinski definition) is 5. The third kappa shape index (κ3) is 11.0. The third-order valence-electron chi connectivity index (χ3n) is 15.4. The van der Waals surface area contributed by atoms with E-state index in [0.717, 1.165) is 47.2 Å². The van der Waals surface area contributed by atoms with Gasteiger partial charge in [-0.05, 0) is 114 Å². The van der Waals surface area contributed by atoms with Crippen LogP contribution in [0.15, 0.2) is 78.2 Å². The van der Waals surface area contributed by atoms with Crippen molar-refractivity contribution < 1.29 is 27.5 Å². The van der Waals surface area contributed by atoms with Crippen LogP contribution < -0.4 is 36.1 Å². The SMILES string of the molecule is CN[C@@H](C)C(N)[C@@H](C(=O)N1Cc2cc(Oc3cc(N4CCC(Oc5cc6ncnc(Nc7n[nH]c(C)c7C)c6cc5S(=O)(=O)C(C)(C)C)CC4)ncn3)ccc2C[C@H]1C(=O)N[C@@H]1CCCc2ccccc21)C(C)(C)C. The number of nitrogens with zero attached hydrogens (tertiary/aromatic N) is 7. The number of H-pyrrole nitrogens is 1. The number of carbonyl (C=O) groups excluding carboxylic acids is 2. The number of aromatic nitrogens is 6. The minimum Gasteiger partial charge on any atom is -0.489 e. The maximum Gasteiger partial charge on any atom is 0.243 e. The Morgan fingerprint density at radius 2 is 1.63 bits per heavy atom. The molecular formula is C56H72N12O6S. The van der Waals surface area contributed by atoms with Gasteiger partial charge in [0.1, 0.15) is 52.8 Å². The number of aryl methyl sites for hydroxylation is 2. The van der Waals surface area contributed by atoms with Gasteiger partial charge >= 0.3 is 0 Å². The molecule has 6 aromatic rings. The van der Waals surface area contributed by atoms with Crippen LogP contribution in [0.5, 0.6) is 17.4 Å². The van der Waals surface area contributed by atoms with Gasteiger partial charge in [-0.1, -0.05) is 51.1 Å². The van der Waals surface area contributed by atoms with E-state index < -0.39 is 38.0 Å². The van der Waals surface area contributed by atoms with Crippen LogP contribution >= 0.6 is 0 Å². The monoisotopic (exact) mass is 1040 g/mol. The molecule has 5 heterocycles. The summed E-state index contributed by atoms with van der Waals surface area (Å²) in [5, 5.41) is 17.7. The Bertz CT molecular complexity index is 3200. The van der Waals surface area contributed by atoms with Gasteiger partial charge in [0.05, 0.1) is 22.2 Å². The van der Waals surface area contributed by atoms with Crippen molar-refractivity contribution in [1.29, 1.82) is 0 Å². The van der Waals surface area contributed by atoms with Crippen LogP contribution in [0.1, 0.15) is 114 Å². The Kier molecular flexibility index (Phi) is 15.0. The number of benzene rings is 3. The Labute approximate surface area is 440 Å². The maximum absolute atomic E-state index is 15.1. The van der Waals surface area contributed by atoms with E-state index in [1.54, 1.807) is 43.9 Å². The van der Waals surface area contributed by atoms with Gasteiger partial charge in [-0.15, -0.1) is 0 Å². The van der Waals surface area contributed by atoms with Crippen LogP contribution in [0, 0.1) is 25.2 Å². The number of fused-ring (bicyclic) bond motifs is 3. The molecule has 3 aromatic carbocycles. The molecule has 2 aliphatic heterocycles. The zero-order chi connectivity index (χ0) is 53.6. The lowest BCUT2D eigenvalue weighted by molar-refractivity contribution is -0.149. The molecule has 5 atom stereocenters. The van der Waals surface area contributed by atoms with E-state index in [0.29, 0.717) is 72.3 Å². The smallest absolute Gasteiger partial charge is 0.243 e. The first kappa shape index (κ1) is 53.1. The number of rotatable bonds is 14. The summed E-state index contributed by atoms with van der Waals surface area (Å²) in [4.78, 5) is 51.6. The summed E-state index contributed by atoms with van der Waals surface area (Å²) in [6.45, 7) is 18.3. The van der Waals surface area contributed by atoms with Gasteiger partial charge in [0.15, 0.2) is 15.7 Å². The van der Waals surface area contributed by atoms with Crippen LogP contribution in [0.4, 0.5) is 17.5 Å². The molecule has 1 unspecified atom stereocenters. The van der Waals surface area contributed by atoms with E-state index in [1.807, 2.05) is 78.9 Å². The molecule has 398 valence electrons. The van der Waals surface area contributed by atoms with E-state index in [4.69, 9.17) is 15.2 Å². The number of anilines is 3. The summed E-state index contributed by atoms with van der Waals surface area (Å²) in [5.74, 6) is 1.88. The molecule has 0 bridgehead atoms. The molecule has 3 aromatic heterocycles. The van der Waals surface area contributed by atoms with Crippen molar-refractivity contribution in [1.82, 2.24) is 45.7 Å². The summed E-state index contributed by atoms with van der Waals surface area (Å²) < 4.78 is 40.3. The largest absolute Gasteiger partial charge is 0.489 e. The van der Waals surface area contributed by atoms with Gasteiger partial charge in [-0.2, -0.15) is 5.10 Å². The topological polar surface area (TPSA) is 236 Å². The lowest BCUT2D eigenvalue weighted by Gasteiger charge is -2.44. The molecule has 1 aliphatic carbocycles. The van der Waals surface area contributed by atoms with Crippen molar-refractivity contribution in [2.24, 2.45) is 17.1 Å². The molecule has 19 heteroatoms. The number of nitrogens with one attached hydrogen (secondary N) is 4. The second kappa shape index (κ2) is 21.1. The molecule has 75 heavy (non-hydrogen) atoms. The summed E-state index contributed by atoms with van der Waals surface area (Å²) >= 11 is 0. The molecule has 0 radical (unpaired) electrons. The van der Waals surface area contributed by atoms with Crippen LogP contribution in [0.2, 0.25) is 0 Å². The Balaban J connectivity index is 0.915. The van der Waals surface area contributed by atoms with Gasteiger partial charge in [0.2, 0.25) is 17.7 Å². The summed E-state index contributed by atoms with van der Waals surface area (Å²) in [7, 11) is -2.05. The molecule has 0 spiro atoms. The average molecular weight is 1040 g/mol. The highest BCUT2D eigenvalue weighted by atomic mass is 32.2. The van der Waals surface area contributed by atoms with Gasteiger partial charge in [-0.25, -0.2) is 28.4 Å². The fourth-order valence-corrected chi connectivity index (χ4v) is 11.9. The predicted molar refractivity (Wildman–Crippen MR) is 290 cm³/mol. The summed E-state index contributed by atoms with van der Waals surface area (Å²) in [6.07, 6.45) is 6.89. The quantitative estimate of drug-likeness (QED) is 0.0696. The average Bonchev–Trinajstić information content (AvgIpc) is 3.69. The molecule has 3 aliphatic rings. The fraction of sp³-hybridized carbons (Fsp3) is 0.482. The van der Waals surface area contributed by atoms with Crippen LogP contribution in [0.25, 0.3) is 10.9 Å². The van der Waals surface area contributed by atoms with Crippen molar-refractivity contribution in [3.05, 3.63) is 107 Å². The first-order valence-electron chi connectivity index (χ1n) is 26.1. The van der Waals surface area contributed by atoms with Crippen LogP contribution in [-0.2, 0) is 38.8 Å². The highest BCUT2D eigenvalue weighted by molar-refractivity contribution is 7.92. The van der Waals surface area contributed by atoms with E-state index in [1.165, 1.54) is 18.2 Å². The van der Waals surface area contributed by atoms with Gasteiger partial charge in [-0.3, -0.25) is 14.7 Å². The van der Waals surface area contributed by atoms with E-state index in [-0.39, 0.29) is 47.2 Å². The van der Waals surface area contributed by atoms with Crippen molar-refractivity contribution in [2.75, 3.05) is 30.4 Å². The lowest BCUT2D eigenvalue weighted by Crippen LogP contribution is -2.60. The second-order valence-corrected chi connectivity index (χ2v) is 25.2. The van der Waals surface area contributed by atoms with Gasteiger partial charge in [0, 0.05) is 79.8 Å². The van der Waals surface area contributed by atoms with Gasteiger partial charge < -0.3 is 41.0 Å². The highest BCUT2D eigenvalue weighted by Gasteiger charge is 2.45. The van der Waals surface area contributed by atoms with Crippen LogP contribution in [-0.4, -0.2) is 104 Å². The van der Waals surface area contributed by atoms with Crippen molar-refractivity contribution in [3.8, 4) is 17.4 Å². The Hall–Kier alpha value is -6.70. The first-order valence-corrected chi connectivity index (χ1v) is 27.6. The number of piperidine rings is 1. The number of ether oxygens (including phenoxy) is 2. The number of amides is 2. The highest BCUT2D eigenvalue weighted by Crippen LogP contribution is 2.40. The van der Waals surface area contributed by atoms with E-state index in [9.17, 15) is 13.2 Å². The third-order valence-corrected chi connectivity index (χ3v) is 17.9. The van der Waals surface area contributed by atoms with Crippen molar-refractivity contribution in [3.63, 3.8) is 0 Å². The maximum atomic E-state index is 15.1. The first-order chi connectivity index (χ1) is 35.6. The normalized spacial score (nSPS) is 18.7.